The Hall–Kier alpha value is -1.75. The molecule has 16 heavy (non-hydrogen) atoms. The average molecular weight is 233 g/mol. The fraction of sp³-hybridized carbons (Fsp3) is 0.182. The second-order valence-electron chi connectivity index (χ2n) is 3.44. The van der Waals surface area contributed by atoms with Crippen LogP contribution in [0.2, 0.25) is 0 Å². The van der Waals surface area contributed by atoms with Crippen LogP contribution >= 0.6 is 11.3 Å². The molecule has 4 nitrogen and oxygen atoms in total. The van der Waals surface area contributed by atoms with Gasteiger partial charge in [0.1, 0.15) is 11.4 Å². The Labute approximate surface area is 97.3 Å². The number of azo groups is 1. The van der Waals surface area contributed by atoms with Gasteiger partial charge in [0.15, 0.2) is 0 Å². The molecule has 82 valence electrons. The molecule has 5 heteroatoms. The number of aromatic hydroxyl groups is 1. The standard InChI is InChI=1S/C11H11N3OS/c1-7-5-9(10(15)6-8(7)2)13-14-11-12-3-4-16-11/h3-6,15H,1-2H3. The average Bonchev–Trinajstić information content (AvgIpc) is 2.74. The summed E-state index contributed by atoms with van der Waals surface area (Å²) in [4.78, 5) is 3.98. The number of aromatic nitrogens is 1. The Bertz CT molecular complexity index is 520. The minimum Gasteiger partial charge on any atom is -0.506 e. The third kappa shape index (κ3) is 2.25. The van der Waals surface area contributed by atoms with Crippen LogP contribution in [0.3, 0.4) is 0 Å². The predicted molar refractivity (Wildman–Crippen MR) is 63.9 cm³/mol. The SMILES string of the molecule is Cc1cc(O)c(N=Nc2nccs2)cc1C. The summed E-state index contributed by atoms with van der Waals surface area (Å²) in [5.41, 5.74) is 2.58. The highest BCUT2D eigenvalue weighted by atomic mass is 32.1. The van der Waals surface area contributed by atoms with Gasteiger partial charge in [-0.3, -0.25) is 0 Å². The van der Waals surface area contributed by atoms with E-state index in [-0.39, 0.29) is 5.75 Å². The summed E-state index contributed by atoms with van der Waals surface area (Å²) >= 11 is 1.40. The molecule has 0 fully saturated rings. The number of phenolic OH excluding ortho intramolecular Hbond substituents is 1. The van der Waals surface area contributed by atoms with Gasteiger partial charge in [-0.1, -0.05) is 0 Å². The van der Waals surface area contributed by atoms with Crippen molar-refractivity contribution in [2.24, 2.45) is 10.2 Å². The summed E-state index contributed by atoms with van der Waals surface area (Å²) in [6, 6.07) is 3.49. The Morgan fingerprint density at radius 2 is 1.94 bits per heavy atom. The lowest BCUT2D eigenvalue weighted by atomic mass is 10.1. The van der Waals surface area contributed by atoms with E-state index in [1.807, 2.05) is 25.3 Å². The molecule has 0 bridgehead atoms. The van der Waals surface area contributed by atoms with Crippen LogP contribution in [0.25, 0.3) is 0 Å². The first-order valence-electron chi connectivity index (χ1n) is 4.78. The highest BCUT2D eigenvalue weighted by Crippen LogP contribution is 2.31. The molecule has 0 aliphatic heterocycles. The minimum atomic E-state index is 0.142. The van der Waals surface area contributed by atoms with Crippen molar-refractivity contribution in [1.82, 2.24) is 4.98 Å². The highest BCUT2D eigenvalue weighted by molar-refractivity contribution is 7.13. The monoisotopic (exact) mass is 233 g/mol. The number of phenols is 1. The summed E-state index contributed by atoms with van der Waals surface area (Å²) in [7, 11) is 0. The van der Waals surface area contributed by atoms with Crippen LogP contribution in [0.5, 0.6) is 5.75 Å². The molecule has 1 heterocycles. The van der Waals surface area contributed by atoms with Crippen molar-refractivity contribution in [2.45, 2.75) is 13.8 Å². The molecular formula is C11H11N3OS. The molecule has 0 atom stereocenters. The lowest BCUT2D eigenvalue weighted by Gasteiger charge is -2.02. The molecule has 1 N–H and O–H groups in total. The normalized spacial score (nSPS) is 11.1. The van der Waals surface area contributed by atoms with E-state index in [2.05, 4.69) is 15.2 Å². The molecule has 1 aromatic carbocycles. The van der Waals surface area contributed by atoms with Crippen LogP contribution in [0.1, 0.15) is 11.1 Å². The molecule has 0 aliphatic carbocycles. The summed E-state index contributed by atoms with van der Waals surface area (Å²) in [6.45, 7) is 3.91. The van der Waals surface area contributed by atoms with Crippen LogP contribution in [0, 0.1) is 13.8 Å². The van der Waals surface area contributed by atoms with Crippen molar-refractivity contribution in [2.75, 3.05) is 0 Å². The van der Waals surface area contributed by atoms with E-state index >= 15 is 0 Å². The number of thiazole rings is 1. The molecule has 2 rings (SSSR count). The topological polar surface area (TPSA) is 57.8 Å². The first kappa shape index (κ1) is 10.8. The van der Waals surface area contributed by atoms with E-state index in [9.17, 15) is 5.11 Å². The number of rotatable bonds is 2. The molecule has 0 radical (unpaired) electrons. The maximum atomic E-state index is 9.67. The lowest BCUT2D eigenvalue weighted by molar-refractivity contribution is 0.476. The van der Waals surface area contributed by atoms with Crippen LogP contribution in [-0.2, 0) is 0 Å². The van der Waals surface area contributed by atoms with Gasteiger partial charge in [-0.25, -0.2) is 4.98 Å². The Morgan fingerprint density at radius 3 is 2.62 bits per heavy atom. The molecule has 0 amide bonds. The third-order valence-corrected chi connectivity index (χ3v) is 2.91. The molecular weight excluding hydrogens is 222 g/mol. The van der Waals surface area contributed by atoms with E-state index < -0.39 is 0 Å². The molecule has 0 saturated carbocycles. The molecule has 1 aromatic heterocycles. The van der Waals surface area contributed by atoms with Crippen molar-refractivity contribution >= 4 is 22.2 Å². The first-order chi connectivity index (χ1) is 7.66. The van der Waals surface area contributed by atoms with E-state index in [0.29, 0.717) is 10.8 Å². The smallest absolute Gasteiger partial charge is 0.229 e. The van der Waals surface area contributed by atoms with Crippen LogP contribution in [0.15, 0.2) is 33.9 Å². The molecule has 0 spiro atoms. The number of benzene rings is 1. The predicted octanol–water partition coefficient (Wildman–Crippen LogP) is 3.88. The van der Waals surface area contributed by atoms with E-state index in [1.54, 1.807) is 12.3 Å². The van der Waals surface area contributed by atoms with Gasteiger partial charge in [0.2, 0.25) is 5.13 Å². The summed E-state index contributed by atoms with van der Waals surface area (Å²) < 4.78 is 0. The van der Waals surface area contributed by atoms with Gasteiger partial charge in [-0.2, -0.15) is 0 Å². The fourth-order valence-electron chi connectivity index (χ4n) is 1.23. The Kier molecular flexibility index (Phi) is 2.96. The number of nitrogens with zero attached hydrogens (tertiary/aromatic N) is 3. The molecule has 2 aromatic rings. The zero-order chi connectivity index (χ0) is 11.5. The summed E-state index contributed by atoms with van der Waals surface area (Å²) in [5.74, 6) is 0.142. The van der Waals surface area contributed by atoms with Crippen molar-refractivity contribution in [1.29, 1.82) is 0 Å². The van der Waals surface area contributed by atoms with E-state index in [4.69, 9.17) is 0 Å². The van der Waals surface area contributed by atoms with Gasteiger partial charge < -0.3 is 5.11 Å². The molecule has 0 unspecified atom stereocenters. The maximum Gasteiger partial charge on any atom is 0.229 e. The molecule has 0 saturated heterocycles. The van der Waals surface area contributed by atoms with Crippen molar-refractivity contribution in [3.05, 3.63) is 34.8 Å². The Morgan fingerprint density at radius 1 is 1.19 bits per heavy atom. The van der Waals surface area contributed by atoms with E-state index in [1.165, 1.54) is 11.3 Å². The highest BCUT2D eigenvalue weighted by Gasteiger charge is 2.03. The second kappa shape index (κ2) is 4.40. The van der Waals surface area contributed by atoms with Gasteiger partial charge in [-0.05, 0) is 37.1 Å². The number of hydrogen-bond donors (Lipinski definition) is 1. The second-order valence-corrected chi connectivity index (χ2v) is 4.31. The third-order valence-electron chi connectivity index (χ3n) is 2.25. The zero-order valence-electron chi connectivity index (χ0n) is 9.01. The lowest BCUT2D eigenvalue weighted by Crippen LogP contribution is -1.79. The fourth-order valence-corrected chi connectivity index (χ4v) is 1.68. The molecule has 0 aliphatic rings. The summed E-state index contributed by atoms with van der Waals surface area (Å²) in [5, 5.41) is 20.0. The van der Waals surface area contributed by atoms with Crippen molar-refractivity contribution in [3.63, 3.8) is 0 Å². The van der Waals surface area contributed by atoms with Gasteiger partial charge in [0, 0.05) is 11.6 Å². The van der Waals surface area contributed by atoms with Crippen molar-refractivity contribution < 1.29 is 5.11 Å². The van der Waals surface area contributed by atoms with Crippen molar-refractivity contribution in [3.8, 4) is 5.75 Å². The van der Waals surface area contributed by atoms with Gasteiger partial charge >= 0.3 is 0 Å². The maximum absolute atomic E-state index is 9.67. The quantitative estimate of drug-likeness (QED) is 0.800. The number of hydrogen-bond acceptors (Lipinski definition) is 5. The van der Waals surface area contributed by atoms with Gasteiger partial charge in [0.05, 0.1) is 0 Å². The Balaban J connectivity index is 2.31. The van der Waals surface area contributed by atoms with E-state index in [0.717, 1.165) is 11.1 Å². The van der Waals surface area contributed by atoms with Crippen LogP contribution in [-0.4, -0.2) is 10.1 Å². The number of aryl methyl sites for hydroxylation is 2. The van der Waals surface area contributed by atoms with Gasteiger partial charge in [-0.15, -0.1) is 21.6 Å². The zero-order valence-corrected chi connectivity index (χ0v) is 9.82. The van der Waals surface area contributed by atoms with Crippen LogP contribution < -0.4 is 0 Å². The minimum absolute atomic E-state index is 0.142. The first-order valence-corrected chi connectivity index (χ1v) is 5.66. The largest absolute Gasteiger partial charge is 0.506 e. The van der Waals surface area contributed by atoms with Crippen LogP contribution in [0.4, 0.5) is 10.8 Å². The summed E-state index contributed by atoms with van der Waals surface area (Å²) in [6.07, 6.45) is 1.67. The van der Waals surface area contributed by atoms with Gasteiger partial charge in [0.25, 0.3) is 0 Å².